The Hall–Kier alpha value is -1.12. The standard InChI is InChI=1S/C10H10O3/c11-9-7-5-1-2-6(4-3-5)8(7)10(12)13-9/h1-2,5-8H,3-4H2/t5-,6-,7-,8+/m1/s1. The first-order valence-corrected chi connectivity index (χ1v) is 4.71. The van der Waals surface area contributed by atoms with Crippen LogP contribution in [-0.2, 0) is 14.3 Å². The van der Waals surface area contributed by atoms with Gasteiger partial charge in [0.05, 0.1) is 11.8 Å². The molecular weight excluding hydrogens is 168 g/mol. The number of carbonyl (C=O) groups is 2. The van der Waals surface area contributed by atoms with Gasteiger partial charge in [0, 0.05) is 0 Å². The molecule has 13 heavy (non-hydrogen) atoms. The molecule has 1 saturated carbocycles. The molecule has 1 aliphatic heterocycles. The van der Waals surface area contributed by atoms with Crippen LogP contribution in [0.5, 0.6) is 0 Å². The number of esters is 2. The average Bonchev–Trinajstić information content (AvgIpc) is 2.47. The van der Waals surface area contributed by atoms with E-state index in [4.69, 9.17) is 0 Å². The Labute approximate surface area is 75.8 Å². The van der Waals surface area contributed by atoms with Crippen LogP contribution in [-0.4, -0.2) is 11.9 Å². The SMILES string of the molecule is O=C1OC(=O)[C@H]2[C@@H]1[C@@H]1C=C[C@@H]2CC1. The third-order valence-corrected chi connectivity index (χ3v) is 3.49. The Morgan fingerprint density at radius 2 is 1.46 bits per heavy atom. The number of allylic oxidation sites excluding steroid dienone is 2. The molecule has 0 N–H and O–H groups in total. The van der Waals surface area contributed by atoms with Crippen molar-refractivity contribution in [3.05, 3.63) is 12.2 Å². The van der Waals surface area contributed by atoms with Crippen molar-refractivity contribution < 1.29 is 14.3 Å². The average molecular weight is 178 g/mol. The number of hydrogen-bond acceptors (Lipinski definition) is 3. The Balaban J connectivity index is 2.07. The van der Waals surface area contributed by atoms with E-state index in [0.29, 0.717) is 0 Å². The molecule has 0 amide bonds. The van der Waals surface area contributed by atoms with Crippen molar-refractivity contribution in [2.24, 2.45) is 23.7 Å². The second kappa shape index (κ2) is 2.22. The molecule has 2 bridgehead atoms. The zero-order chi connectivity index (χ0) is 9.00. The lowest BCUT2D eigenvalue weighted by Gasteiger charge is -2.37. The van der Waals surface area contributed by atoms with Crippen LogP contribution in [0.4, 0.5) is 0 Å². The third kappa shape index (κ3) is 0.794. The van der Waals surface area contributed by atoms with Crippen molar-refractivity contribution >= 4 is 11.9 Å². The Morgan fingerprint density at radius 3 is 1.85 bits per heavy atom. The molecule has 0 spiro atoms. The number of hydrogen-bond donors (Lipinski definition) is 0. The van der Waals surface area contributed by atoms with Gasteiger partial charge in [-0.3, -0.25) is 9.59 Å². The third-order valence-electron chi connectivity index (χ3n) is 3.49. The molecule has 0 aromatic carbocycles. The van der Waals surface area contributed by atoms with Crippen molar-refractivity contribution in [3.63, 3.8) is 0 Å². The second-order valence-corrected chi connectivity index (χ2v) is 4.08. The van der Waals surface area contributed by atoms with E-state index in [-0.39, 0.29) is 35.6 Å². The molecule has 3 nitrogen and oxygen atoms in total. The van der Waals surface area contributed by atoms with Gasteiger partial charge in [-0.15, -0.1) is 0 Å². The molecule has 1 saturated heterocycles. The van der Waals surface area contributed by atoms with Crippen molar-refractivity contribution in [2.75, 3.05) is 0 Å². The minimum atomic E-state index is -0.297. The molecule has 2 fully saturated rings. The summed E-state index contributed by atoms with van der Waals surface area (Å²) in [5.74, 6) is -0.390. The smallest absolute Gasteiger partial charge is 0.318 e. The van der Waals surface area contributed by atoms with E-state index in [0.717, 1.165) is 12.8 Å². The summed E-state index contributed by atoms with van der Waals surface area (Å²) >= 11 is 0. The highest BCUT2D eigenvalue weighted by Crippen LogP contribution is 2.48. The first kappa shape index (κ1) is 7.30. The Morgan fingerprint density at radius 1 is 1.00 bits per heavy atom. The van der Waals surface area contributed by atoms with E-state index in [1.54, 1.807) is 0 Å². The van der Waals surface area contributed by atoms with E-state index in [1.165, 1.54) is 0 Å². The van der Waals surface area contributed by atoms with Crippen LogP contribution in [0.2, 0.25) is 0 Å². The maximum Gasteiger partial charge on any atom is 0.318 e. The van der Waals surface area contributed by atoms with Crippen LogP contribution < -0.4 is 0 Å². The fourth-order valence-electron chi connectivity index (χ4n) is 2.87. The van der Waals surface area contributed by atoms with Gasteiger partial charge in [0.2, 0.25) is 0 Å². The van der Waals surface area contributed by atoms with Gasteiger partial charge in [-0.25, -0.2) is 0 Å². The molecular formula is C10H10O3. The van der Waals surface area contributed by atoms with E-state index in [2.05, 4.69) is 16.9 Å². The number of rotatable bonds is 0. The topological polar surface area (TPSA) is 43.4 Å². The summed E-state index contributed by atoms with van der Waals surface area (Å²) in [5.41, 5.74) is 0. The summed E-state index contributed by atoms with van der Waals surface area (Å²) in [7, 11) is 0. The predicted molar refractivity (Wildman–Crippen MR) is 43.4 cm³/mol. The van der Waals surface area contributed by atoms with Gasteiger partial charge in [-0.05, 0) is 24.7 Å². The minimum Gasteiger partial charge on any atom is -0.393 e. The van der Waals surface area contributed by atoms with E-state index < -0.39 is 0 Å². The molecule has 4 aliphatic rings. The zero-order valence-corrected chi connectivity index (χ0v) is 7.10. The Bertz CT molecular complexity index is 288. The maximum absolute atomic E-state index is 11.3. The molecule has 3 aliphatic carbocycles. The monoisotopic (exact) mass is 178 g/mol. The molecule has 4 rings (SSSR count). The molecule has 0 radical (unpaired) electrons. The fourth-order valence-corrected chi connectivity index (χ4v) is 2.87. The maximum atomic E-state index is 11.3. The minimum absolute atomic E-state index is 0.156. The second-order valence-electron chi connectivity index (χ2n) is 4.08. The molecule has 68 valence electrons. The highest BCUT2D eigenvalue weighted by atomic mass is 16.6. The first-order valence-electron chi connectivity index (χ1n) is 4.71. The van der Waals surface area contributed by atoms with Crippen LogP contribution in [0.25, 0.3) is 0 Å². The van der Waals surface area contributed by atoms with Gasteiger partial charge in [0.25, 0.3) is 0 Å². The van der Waals surface area contributed by atoms with Crippen molar-refractivity contribution in [2.45, 2.75) is 12.8 Å². The first-order chi connectivity index (χ1) is 6.27. The van der Waals surface area contributed by atoms with Crippen LogP contribution in [0.15, 0.2) is 12.2 Å². The highest BCUT2D eigenvalue weighted by Gasteiger charge is 2.54. The van der Waals surface area contributed by atoms with Crippen molar-refractivity contribution in [1.29, 1.82) is 0 Å². The quantitative estimate of drug-likeness (QED) is 0.314. The summed E-state index contributed by atoms with van der Waals surface area (Å²) in [4.78, 5) is 22.7. The summed E-state index contributed by atoms with van der Waals surface area (Å²) < 4.78 is 4.67. The van der Waals surface area contributed by atoms with Crippen molar-refractivity contribution in [3.8, 4) is 0 Å². The summed E-state index contributed by atoms with van der Waals surface area (Å²) in [6.07, 6.45) is 6.22. The Kier molecular flexibility index (Phi) is 1.25. The predicted octanol–water partition coefficient (Wildman–Crippen LogP) is 0.898. The van der Waals surface area contributed by atoms with Gasteiger partial charge in [0.15, 0.2) is 0 Å². The molecule has 1 heterocycles. The summed E-state index contributed by atoms with van der Waals surface area (Å²) in [5, 5.41) is 0. The molecule has 0 unspecified atom stereocenters. The lowest BCUT2D eigenvalue weighted by atomic mass is 9.63. The van der Waals surface area contributed by atoms with E-state index in [9.17, 15) is 9.59 Å². The normalized spacial score (nSPS) is 46.5. The molecule has 0 aromatic heterocycles. The molecule has 4 atom stereocenters. The van der Waals surface area contributed by atoms with Crippen LogP contribution in [0.1, 0.15) is 12.8 Å². The lowest BCUT2D eigenvalue weighted by Crippen LogP contribution is -2.38. The van der Waals surface area contributed by atoms with Gasteiger partial charge in [-0.1, -0.05) is 12.2 Å². The number of cyclic esters (lactones) is 2. The van der Waals surface area contributed by atoms with Gasteiger partial charge < -0.3 is 4.74 Å². The zero-order valence-electron chi connectivity index (χ0n) is 7.10. The van der Waals surface area contributed by atoms with E-state index in [1.807, 2.05) is 0 Å². The summed E-state index contributed by atoms with van der Waals surface area (Å²) in [6, 6.07) is 0. The number of carbonyl (C=O) groups excluding carboxylic acids is 2. The van der Waals surface area contributed by atoms with Gasteiger partial charge in [-0.2, -0.15) is 0 Å². The van der Waals surface area contributed by atoms with Gasteiger partial charge >= 0.3 is 11.9 Å². The molecule has 3 heteroatoms. The van der Waals surface area contributed by atoms with Crippen molar-refractivity contribution in [1.82, 2.24) is 0 Å². The van der Waals surface area contributed by atoms with E-state index >= 15 is 0 Å². The van der Waals surface area contributed by atoms with Crippen LogP contribution in [0, 0.1) is 23.7 Å². The fraction of sp³-hybridized carbons (Fsp3) is 0.600. The van der Waals surface area contributed by atoms with Crippen LogP contribution >= 0.6 is 0 Å². The van der Waals surface area contributed by atoms with Crippen LogP contribution in [0.3, 0.4) is 0 Å². The lowest BCUT2D eigenvalue weighted by molar-refractivity contribution is -0.154. The number of ether oxygens (including phenoxy) is 1. The summed E-state index contributed by atoms with van der Waals surface area (Å²) in [6.45, 7) is 0. The largest absolute Gasteiger partial charge is 0.393 e. The highest BCUT2D eigenvalue weighted by molar-refractivity contribution is 5.97. The molecule has 0 aromatic rings. The van der Waals surface area contributed by atoms with Gasteiger partial charge in [0.1, 0.15) is 0 Å². The number of fused-ring (bicyclic) bond motifs is 1.